The standard InChI is InChI=1S/C6H12N2O2/c1-10-4-6(2-3-6)5(9)8-7/h2-4,7H2,1H3,(H,8,9). The second kappa shape index (κ2) is 2.56. The van der Waals surface area contributed by atoms with E-state index in [9.17, 15) is 4.79 Å². The van der Waals surface area contributed by atoms with Crippen LogP contribution < -0.4 is 11.3 Å². The van der Waals surface area contributed by atoms with Crippen LogP contribution in [0.5, 0.6) is 0 Å². The molecular formula is C6H12N2O2. The third kappa shape index (κ3) is 1.12. The van der Waals surface area contributed by atoms with Gasteiger partial charge in [-0.2, -0.15) is 0 Å². The van der Waals surface area contributed by atoms with Crippen molar-refractivity contribution in [2.45, 2.75) is 12.8 Å². The zero-order valence-corrected chi connectivity index (χ0v) is 6.02. The molecule has 0 aromatic heterocycles. The van der Waals surface area contributed by atoms with E-state index >= 15 is 0 Å². The molecule has 1 amide bonds. The Hall–Kier alpha value is -0.610. The van der Waals surface area contributed by atoms with Crippen molar-refractivity contribution < 1.29 is 9.53 Å². The highest BCUT2D eigenvalue weighted by molar-refractivity contribution is 5.84. The van der Waals surface area contributed by atoms with Crippen molar-refractivity contribution in [3.05, 3.63) is 0 Å². The van der Waals surface area contributed by atoms with E-state index in [1.54, 1.807) is 7.11 Å². The van der Waals surface area contributed by atoms with Crippen LogP contribution in [0.25, 0.3) is 0 Å². The fraction of sp³-hybridized carbons (Fsp3) is 0.833. The lowest BCUT2D eigenvalue weighted by atomic mass is 10.1. The van der Waals surface area contributed by atoms with Gasteiger partial charge in [-0.25, -0.2) is 5.84 Å². The summed E-state index contributed by atoms with van der Waals surface area (Å²) in [6.07, 6.45) is 1.79. The molecule has 10 heavy (non-hydrogen) atoms. The first kappa shape index (κ1) is 7.50. The molecule has 0 bridgehead atoms. The lowest BCUT2D eigenvalue weighted by Crippen LogP contribution is -2.38. The van der Waals surface area contributed by atoms with Gasteiger partial charge in [0.2, 0.25) is 5.91 Å². The number of nitrogens with two attached hydrogens (primary N) is 1. The highest BCUT2D eigenvalue weighted by atomic mass is 16.5. The minimum absolute atomic E-state index is 0.102. The molecule has 1 saturated carbocycles. The average molecular weight is 144 g/mol. The molecule has 4 nitrogen and oxygen atoms in total. The SMILES string of the molecule is COCC1(C(=O)NN)CC1. The zero-order chi connectivity index (χ0) is 7.61. The summed E-state index contributed by atoms with van der Waals surface area (Å²) in [4.78, 5) is 11.0. The lowest BCUT2D eigenvalue weighted by Gasteiger charge is -2.10. The largest absolute Gasteiger partial charge is 0.384 e. The van der Waals surface area contributed by atoms with Crippen LogP contribution in [0.2, 0.25) is 0 Å². The van der Waals surface area contributed by atoms with Crippen LogP contribution in [-0.2, 0) is 9.53 Å². The van der Waals surface area contributed by atoms with Crippen LogP contribution in [0.15, 0.2) is 0 Å². The molecule has 0 atom stereocenters. The summed E-state index contributed by atoms with van der Waals surface area (Å²) in [5.74, 6) is 4.87. The highest BCUT2D eigenvalue weighted by Crippen LogP contribution is 2.45. The molecule has 0 heterocycles. The number of rotatable bonds is 3. The van der Waals surface area contributed by atoms with Crippen molar-refractivity contribution in [1.29, 1.82) is 0 Å². The molecule has 0 aromatic rings. The van der Waals surface area contributed by atoms with Crippen molar-refractivity contribution >= 4 is 5.91 Å². The molecule has 0 saturated heterocycles. The molecule has 58 valence electrons. The third-order valence-electron chi connectivity index (χ3n) is 1.89. The average Bonchev–Trinajstić information content (AvgIpc) is 2.69. The summed E-state index contributed by atoms with van der Waals surface area (Å²) in [5.41, 5.74) is 1.85. The minimum atomic E-state index is -0.288. The molecule has 1 aliphatic carbocycles. The fourth-order valence-electron chi connectivity index (χ4n) is 1.02. The number of nitrogens with one attached hydrogen (secondary N) is 1. The molecule has 0 spiro atoms. The van der Waals surface area contributed by atoms with Gasteiger partial charge in [-0.1, -0.05) is 0 Å². The predicted octanol–water partition coefficient (Wildman–Crippen LogP) is -0.597. The van der Waals surface area contributed by atoms with Gasteiger partial charge in [-0.3, -0.25) is 10.2 Å². The van der Waals surface area contributed by atoms with Crippen molar-refractivity contribution in [3.8, 4) is 0 Å². The Morgan fingerprint density at radius 3 is 2.70 bits per heavy atom. The van der Waals surface area contributed by atoms with Crippen LogP contribution in [0.3, 0.4) is 0 Å². The Bertz CT molecular complexity index is 143. The zero-order valence-electron chi connectivity index (χ0n) is 6.02. The van der Waals surface area contributed by atoms with Crippen molar-refractivity contribution in [2.75, 3.05) is 13.7 Å². The quantitative estimate of drug-likeness (QED) is 0.316. The molecule has 1 rings (SSSR count). The first-order valence-electron chi connectivity index (χ1n) is 3.25. The van der Waals surface area contributed by atoms with Crippen LogP contribution in [0.4, 0.5) is 0 Å². The molecule has 4 heteroatoms. The van der Waals surface area contributed by atoms with E-state index in [1.807, 2.05) is 0 Å². The molecule has 0 aliphatic heterocycles. The van der Waals surface area contributed by atoms with Gasteiger partial charge in [0, 0.05) is 7.11 Å². The van der Waals surface area contributed by atoms with E-state index in [0.29, 0.717) is 6.61 Å². The second-order valence-electron chi connectivity index (χ2n) is 2.69. The van der Waals surface area contributed by atoms with Gasteiger partial charge in [0.1, 0.15) is 0 Å². The number of carbonyl (C=O) groups excluding carboxylic acids is 1. The van der Waals surface area contributed by atoms with Gasteiger partial charge in [0.25, 0.3) is 0 Å². The molecular weight excluding hydrogens is 132 g/mol. The van der Waals surface area contributed by atoms with Crippen LogP contribution in [0.1, 0.15) is 12.8 Å². The maximum atomic E-state index is 11.0. The van der Waals surface area contributed by atoms with Crippen LogP contribution in [0, 0.1) is 5.41 Å². The van der Waals surface area contributed by atoms with Crippen LogP contribution in [-0.4, -0.2) is 19.6 Å². The minimum Gasteiger partial charge on any atom is -0.384 e. The smallest absolute Gasteiger partial charge is 0.242 e. The van der Waals surface area contributed by atoms with E-state index in [0.717, 1.165) is 12.8 Å². The fourth-order valence-corrected chi connectivity index (χ4v) is 1.02. The maximum Gasteiger partial charge on any atom is 0.242 e. The number of hydrazine groups is 1. The highest BCUT2D eigenvalue weighted by Gasteiger charge is 2.49. The van der Waals surface area contributed by atoms with E-state index in [-0.39, 0.29) is 11.3 Å². The number of hydrogen-bond donors (Lipinski definition) is 2. The normalized spacial score (nSPS) is 20.2. The van der Waals surface area contributed by atoms with Gasteiger partial charge in [-0.05, 0) is 12.8 Å². The van der Waals surface area contributed by atoms with E-state index < -0.39 is 0 Å². The van der Waals surface area contributed by atoms with Gasteiger partial charge in [0.15, 0.2) is 0 Å². The Balaban J connectivity index is 2.43. The summed E-state index contributed by atoms with van der Waals surface area (Å²) < 4.78 is 4.88. The molecule has 0 radical (unpaired) electrons. The van der Waals surface area contributed by atoms with E-state index in [4.69, 9.17) is 10.6 Å². The van der Waals surface area contributed by atoms with Crippen molar-refractivity contribution in [2.24, 2.45) is 11.3 Å². The van der Waals surface area contributed by atoms with E-state index in [1.165, 1.54) is 0 Å². The summed E-state index contributed by atoms with van der Waals surface area (Å²) in [7, 11) is 1.59. The van der Waals surface area contributed by atoms with Gasteiger partial charge in [-0.15, -0.1) is 0 Å². The number of ether oxygens (including phenoxy) is 1. The third-order valence-corrected chi connectivity index (χ3v) is 1.89. The molecule has 0 unspecified atom stereocenters. The molecule has 1 fully saturated rings. The van der Waals surface area contributed by atoms with Crippen molar-refractivity contribution in [3.63, 3.8) is 0 Å². The molecule has 0 aromatic carbocycles. The summed E-state index contributed by atoms with van der Waals surface area (Å²) in [5, 5.41) is 0. The monoisotopic (exact) mass is 144 g/mol. The summed E-state index contributed by atoms with van der Waals surface area (Å²) >= 11 is 0. The van der Waals surface area contributed by atoms with Crippen molar-refractivity contribution in [1.82, 2.24) is 5.43 Å². The Labute approximate surface area is 59.7 Å². The molecule has 1 aliphatic rings. The Morgan fingerprint density at radius 2 is 2.40 bits per heavy atom. The van der Waals surface area contributed by atoms with Gasteiger partial charge >= 0.3 is 0 Å². The first-order chi connectivity index (χ1) is 4.75. The Morgan fingerprint density at radius 1 is 1.80 bits per heavy atom. The summed E-state index contributed by atoms with van der Waals surface area (Å²) in [6.45, 7) is 0.482. The summed E-state index contributed by atoms with van der Waals surface area (Å²) in [6, 6.07) is 0. The Kier molecular flexibility index (Phi) is 1.92. The van der Waals surface area contributed by atoms with Crippen LogP contribution >= 0.6 is 0 Å². The maximum absolute atomic E-state index is 11.0. The second-order valence-corrected chi connectivity index (χ2v) is 2.69. The first-order valence-corrected chi connectivity index (χ1v) is 3.25. The number of amides is 1. The lowest BCUT2D eigenvalue weighted by molar-refractivity contribution is -0.128. The topological polar surface area (TPSA) is 64.3 Å². The predicted molar refractivity (Wildman–Crippen MR) is 35.9 cm³/mol. The number of methoxy groups -OCH3 is 1. The van der Waals surface area contributed by atoms with Gasteiger partial charge in [0.05, 0.1) is 12.0 Å². The van der Waals surface area contributed by atoms with E-state index in [2.05, 4.69) is 5.43 Å². The number of carbonyl (C=O) groups is 1. The number of hydrogen-bond acceptors (Lipinski definition) is 3. The molecule has 3 N–H and O–H groups in total. The van der Waals surface area contributed by atoms with Gasteiger partial charge < -0.3 is 4.74 Å².